The fourth-order valence-electron chi connectivity index (χ4n) is 4.15. The van der Waals surface area contributed by atoms with E-state index in [0.717, 1.165) is 27.5 Å². The van der Waals surface area contributed by atoms with Crippen molar-refractivity contribution in [3.05, 3.63) is 119 Å². The molecule has 6 heteroatoms. The van der Waals surface area contributed by atoms with Crippen molar-refractivity contribution in [2.75, 3.05) is 0 Å². The molecule has 1 saturated heterocycles. The van der Waals surface area contributed by atoms with Crippen molar-refractivity contribution >= 4 is 33.3 Å². The number of aromatic nitrogens is 2. The number of benzene rings is 2. The second-order valence-corrected chi connectivity index (χ2v) is 8.82. The zero-order chi connectivity index (χ0) is 21.2. The van der Waals surface area contributed by atoms with Crippen molar-refractivity contribution in [2.45, 2.75) is 18.6 Å². The third kappa shape index (κ3) is 4.01. The molecule has 154 valence electrons. The highest BCUT2D eigenvalue weighted by Gasteiger charge is 2.41. The summed E-state index contributed by atoms with van der Waals surface area (Å²) >= 11 is 9.35. The standard InChI is InChI=1S/C25H21BrN4S/c26-19-11-13-20(14-12-19)29-16-6-10-22(29)24-23(21-9-4-5-15-27-21)28-25(31)30(24)17-18-7-2-1-3-8-18/h1-16,23-24H,17H2,(H,28,31)/t23-,24-/m0/s1. The molecule has 0 spiro atoms. The maximum Gasteiger partial charge on any atom is 0.170 e. The van der Waals surface area contributed by atoms with E-state index in [9.17, 15) is 0 Å². The van der Waals surface area contributed by atoms with Gasteiger partial charge < -0.3 is 14.8 Å². The molecule has 0 unspecified atom stereocenters. The Bertz CT molecular complexity index is 1180. The fourth-order valence-corrected chi connectivity index (χ4v) is 4.72. The van der Waals surface area contributed by atoms with E-state index < -0.39 is 0 Å². The second-order valence-electron chi connectivity index (χ2n) is 7.52. The molecule has 2 aromatic heterocycles. The topological polar surface area (TPSA) is 33.1 Å². The molecule has 2 atom stereocenters. The molecule has 0 amide bonds. The van der Waals surface area contributed by atoms with Crippen LogP contribution in [0.2, 0.25) is 0 Å². The van der Waals surface area contributed by atoms with Crippen LogP contribution in [0.15, 0.2) is 102 Å². The molecule has 1 aliphatic rings. The van der Waals surface area contributed by atoms with Gasteiger partial charge in [-0.25, -0.2) is 0 Å². The van der Waals surface area contributed by atoms with E-state index in [1.165, 1.54) is 11.3 Å². The normalized spacial score (nSPS) is 18.2. The predicted octanol–water partition coefficient (Wildman–Crippen LogP) is 5.81. The Balaban J connectivity index is 1.60. The van der Waals surface area contributed by atoms with E-state index in [0.29, 0.717) is 0 Å². The zero-order valence-electron chi connectivity index (χ0n) is 16.7. The van der Waals surface area contributed by atoms with Gasteiger partial charge >= 0.3 is 0 Å². The Morgan fingerprint density at radius 1 is 0.903 bits per heavy atom. The monoisotopic (exact) mass is 488 g/mol. The molecule has 31 heavy (non-hydrogen) atoms. The summed E-state index contributed by atoms with van der Waals surface area (Å²) in [4.78, 5) is 6.92. The minimum Gasteiger partial charge on any atom is -0.352 e. The van der Waals surface area contributed by atoms with Gasteiger partial charge in [0, 0.05) is 34.8 Å². The fraction of sp³-hybridized carbons (Fsp3) is 0.120. The van der Waals surface area contributed by atoms with Gasteiger partial charge in [0.25, 0.3) is 0 Å². The number of rotatable bonds is 5. The second kappa shape index (κ2) is 8.65. The summed E-state index contributed by atoms with van der Waals surface area (Å²) in [7, 11) is 0. The summed E-state index contributed by atoms with van der Waals surface area (Å²) in [5, 5.41) is 4.28. The van der Waals surface area contributed by atoms with E-state index in [1.807, 2.05) is 24.4 Å². The van der Waals surface area contributed by atoms with Gasteiger partial charge in [0.1, 0.15) is 0 Å². The van der Waals surface area contributed by atoms with Gasteiger partial charge in [0.15, 0.2) is 5.11 Å². The van der Waals surface area contributed by atoms with E-state index in [1.54, 1.807) is 0 Å². The summed E-state index contributed by atoms with van der Waals surface area (Å²) < 4.78 is 3.30. The molecule has 1 N–H and O–H groups in total. The first kappa shape index (κ1) is 20.0. The van der Waals surface area contributed by atoms with Crippen LogP contribution in [0.5, 0.6) is 0 Å². The first-order valence-corrected chi connectivity index (χ1v) is 11.4. The van der Waals surface area contributed by atoms with Gasteiger partial charge in [-0.2, -0.15) is 0 Å². The van der Waals surface area contributed by atoms with Gasteiger partial charge in [-0.15, -0.1) is 0 Å². The maximum atomic E-state index is 5.82. The SMILES string of the molecule is S=C1N[C@@H](c2ccccn2)[C@H](c2cccn2-c2ccc(Br)cc2)N1Cc1ccccc1. The smallest absolute Gasteiger partial charge is 0.170 e. The predicted molar refractivity (Wildman–Crippen MR) is 131 cm³/mol. The lowest BCUT2D eigenvalue weighted by molar-refractivity contribution is 0.302. The number of thiocarbonyl (C=S) groups is 1. The first-order chi connectivity index (χ1) is 15.2. The van der Waals surface area contributed by atoms with Gasteiger partial charge in [-0.3, -0.25) is 4.98 Å². The molecule has 4 aromatic rings. The lowest BCUT2D eigenvalue weighted by atomic mass is 10.0. The molecule has 0 saturated carbocycles. The van der Waals surface area contributed by atoms with Gasteiger partial charge in [-0.1, -0.05) is 52.3 Å². The minimum absolute atomic E-state index is 0.00116. The van der Waals surface area contributed by atoms with E-state index in [4.69, 9.17) is 12.2 Å². The highest BCUT2D eigenvalue weighted by Crippen LogP contribution is 2.40. The molecule has 1 aliphatic heterocycles. The average molecular weight is 489 g/mol. The van der Waals surface area contributed by atoms with Gasteiger partial charge in [0.05, 0.1) is 17.8 Å². The number of nitrogens with one attached hydrogen (secondary N) is 1. The third-order valence-corrected chi connectivity index (χ3v) is 6.46. The summed E-state index contributed by atoms with van der Waals surface area (Å²) in [6.07, 6.45) is 3.95. The molecule has 4 nitrogen and oxygen atoms in total. The highest BCUT2D eigenvalue weighted by molar-refractivity contribution is 9.10. The largest absolute Gasteiger partial charge is 0.352 e. The maximum absolute atomic E-state index is 5.82. The Morgan fingerprint density at radius 3 is 2.42 bits per heavy atom. The summed E-state index contributed by atoms with van der Waals surface area (Å²) in [5.41, 5.74) is 4.48. The van der Waals surface area contributed by atoms with Crippen molar-refractivity contribution in [1.29, 1.82) is 0 Å². The number of halogens is 1. The number of hydrogen-bond acceptors (Lipinski definition) is 2. The van der Waals surface area contributed by atoms with Crippen molar-refractivity contribution in [3.63, 3.8) is 0 Å². The van der Waals surface area contributed by atoms with Crippen LogP contribution in [0.4, 0.5) is 0 Å². The summed E-state index contributed by atoms with van der Waals surface area (Å²) in [6, 6.07) is 29.1. The van der Waals surface area contributed by atoms with E-state index in [-0.39, 0.29) is 12.1 Å². The van der Waals surface area contributed by atoms with Gasteiger partial charge in [0.2, 0.25) is 0 Å². The third-order valence-electron chi connectivity index (χ3n) is 5.58. The number of nitrogens with zero attached hydrogens (tertiary/aromatic N) is 3. The lowest BCUT2D eigenvalue weighted by Crippen LogP contribution is -2.30. The number of hydrogen-bond donors (Lipinski definition) is 1. The minimum atomic E-state index is -0.0403. The Labute approximate surface area is 195 Å². The van der Waals surface area contributed by atoms with E-state index in [2.05, 4.69) is 109 Å². The van der Waals surface area contributed by atoms with Crippen LogP contribution in [0.1, 0.15) is 29.0 Å². The van der Waals surface area contributed by atoms with Crippen molar-refractivity contribution in [2.24, 2.45) is 0 Å². The lowest BCUT2D eigenvalue weighted by Gasteiger charge is -2.29. The van der Waals surface area contributed by atoms with Crippen molar-refractivity contribution in [1.82, 2.24) is 19.8 Å². The van der Waals surface area contributed by atoms with Crippen LogP contribution in [0.3, 0.4) is 0 Å². The average Bonchev–Trinajstić information content (AvgIpc) is 3.40. The summed E-state index contributed by atoms with van der Waals surface area (Å²) in [5.74, 6) is 0. The molecule has 5 rings (SSSR count). The first-order valence-electron chi connectivity index (χ1n) is 10.2. The van der Waals surface area contributed by atoms with Crippen LogP contribution >= 0.6 is 28.1 Å². The van der Waals surface area contributed by atoms with Crippen molar-refractivity contribution in [3.8, 4) is 5.69 Å². The molecule has 2 aromatic carbocycles. The molecular formula is C25H21BrN4S. The molecular weight excluding hydrogens is 468 g/mol. The van der Waals surface area contributed by atoms with Crippen LogP contribution in [-0.4, -0.2) is 19.6 Å². The Kier molecular flexibility index (Phi) is 5.57. The molecule has 3 heterocycles. The molecule has 0 radical (unpaired) electrons. The van der Waals surface area contributed by atoms with Crippen LogP contribution < -0.4 is 5.32 Å². The highest BCUT2D eigenvalue weighted by atomic mass is 79.9. The molecule has 1 fully saturated rings. The van der Waals surface area contributed by atoms with Gasteiger partial charge in [-0.05, 0) is 66.3 Å². The number of pyridine rings is 1. The van der Waals surface area contributed by atoms with Crippen molar-refractivity contribution < 1.29 is 0 Å². The van der Waals surface area contributed by atoms with Crippen LogP contribution in [0, 0.1) is 0 Å². The quantitative estimate of drug-likeness (QED) is 0.359. The van der Waals surface area contributed by atoms with Crippen LogP contribution in [-0.2, 0) is 6.54 Å². The van der Waals surface area contributed by atoms with E-state index >= 15 is 0 Å². The van der Waals surface area contributed by atoms with Crippen LogP contribution in [0.25, 0.3) is 5.69 Å². The Hall–Kier alpha value is -2.96. The Morgan fingerprint density at radius 2 is 1.68 bits per heavy atom. The molecule has 0 aliphatic carbocycles. The molecule has 0 bridgehead atoms. The zero-order valence-corrected chi connectivity index (χ0v) is 19.1. The summed E-state index contributed by atoms with van der Waals surface area (Å²) in [6.45, 7) is 0.728.